The van der Waals surface area contributed by atoms with Crippen LogP contribution in [0.5, 0.6) is 0 Å². The van der Waals surface area contributed by atoms with E-state index in [1.54, 1.807) is 0 Å². The number of nitrogen functional groups attached to an aromatic ring is 1. The van der Waals surface area contributed by atoms with Crippen LogP contribution >= 0.6 is 0 Å². The van der Waals surface area contributed by atoms with Gasteiger partial charge in [-0.3, -0.25) is 4.98 Å². The monoisotopic (exact) mass is 247 g/mol. The van der Waals surface area contributed by atoms with Crippen molar-refractivity contribution in [2.24, 2.45) is 0 Å². The van der Waals surface area contributed by atoms with Crippen molar-refractivity contribution >= 4 is 16.9 Å². The Kier molecular flexibility index (Phi) is 4.20. The summed E-state index contributed by atoms with van der Waals surface area (Å²) in [6.45, 7) is 7.58. The molecule has 2 heterocycles. The lowest BCUT2D eigenvalue weighted by molar-refractivity contribution is 0.161. The Hall–Kier alpha value is -1.55. The summed E-state index contributed by atoms with van der Waals surface area (Å²) >= 11 is 0. The Balaban J connectivity index is 2.37. The molecule has 1 aliphatic heterocycles. The molecule has 0 aliphatic carbocycles. The number of aromatic nitrogens is 1. The van der Waals surface area contributed by atoms with E-state index in [-0.39, 0.29) is 0 Å². The summed E-state index contributed by atoms with van der Waals surface area (Å²) in [7, 11) is 0. The zero-order chi connectivity index (χ0) is 13.0. The molecule has 0 fully saturated rings. The van der Waals surface area contributed by atoms with Crippen LogP contribution in [0.15, 0.2) is 18.3 Å². The van der Waals surface area contributed by atoms with E-state index < -0.39 is 0 Å². The number of anilines is 2. The first kappa shape index (κ1) is 12.9. The second kappa shape index (κ2) is 5.87. The van der Waals surface area contributed by atoms with Crippen molar-refractivity contribution in [1.82, 2.24) is 4.98 Å². The molecule has 0 saturated heterocycles. The van der Waals surface area contributed by atoms with Crippen molar-refractivity contribution in [1.29, 1.82) is 0 Å². The molecule has 1 aliphatic rings. The summed E-state index contributed by atoms with van der Waals surface area (Å²) in [5.74, 6) is 0. The highest BCUT2D eigenvalue weighted by molar-refractivity contribution is 5.81. The van der Waals surface area contributed by atoms with Gasteiger partial charge in [0.15, 0.2) is 0 Å². The quantitative estimate of drug-likeness (QED) is 0.887. The molecule has 18 heavy (non-hydrogen) atoms. The predicted octanol–water partition coefficient (Wildman–Crippen LogP) is 2.31. The molecule has 1 aromatic heterocycles. The van der Waals surface area contributed by atoms with Crippen LogP contribution in [0.1, 0.15) is 26.0 Å². The lowest BCUT2D eigenvalue weighted by atomic mass is 10.0. The van der Waals surface area contributed by atoms with Crippen LogP contribution in [-0.2, 0) is 4.74 Å². The van der Waals surface area contributed by atoms with Crippen LogP contribution < -0.4 is 10.6 Å². The number of nitrogens with two attached hydrogens (primary N) is 1. The minimum Gasteiger partial charge on any atom is -0.395 e. The van der Waals surface area contributed by atoms with Crippen LogP contribution in [-0.4, -0.2) is 31.3 Å². The van der Waals surface area contributed by atoms with Gasteiger partial charge in [-0.25, -0.2) is 0 Å². The Bertz CT molecular complexity index is 439. The molecule has 0 bridgehead atoms. The minimum absolute atomic E-state index is 0.659. The zero-order valence-corrected chi connectivity index (χ0v) is 11.1. The fraction of sp³-hybridized carbons (Fsp3) is 0.500. The van der Waals surface area contributed by atoms with E-state index in [4.69, 9.17) is 10.5 Å². The van der Waals surface area contributed by atoms with E-state index >= 15 is 0 Å². The molecule has 1 aromatic rings. The molecular weight excluding hydrogens is 226 g/mol. The van der Waals surface area contributed by atoms with Crippen LogP contribution in [0.2, 0.25) is 0 Å². The minimum atomic E-state index is 0.659. The van der Waals surface area contributed by atoms with Crippen molar-refractivity contribution in [3.63, 3.8) is 0 Å². The fourth-order valence-corrected chi connectivity index (χ4v) is 2.30. The van der Waals surface area contributed by atoms with Gasteiger partial charge in [0.05, 0.1) is 30.3 Å². The molecule has 0 radical (unpaired) electrons. The highest BCUT2D eigenvalue weighted by atomic mass is 16.5. The molecule has 0 aromatic carbocycles. The number of rotatable bonds is 4. The summed E-state index contributed by atoms with van der Waals surface area (Å²) in [5, 5.41) is 0. The Morgan fingerprint density at radius 3 is 2.78 bits per heavy atom. The first-order valence-electron chi connectivity index (χ1n) is 6.54. The van der Waals surface area contributed by atoms with Gasteiger partial charge in [0, 0.05) is 19.3 Å². The number of hydrogen-bond acceptors (Lipinski definition) is 4. The lowest BCUT2D eigenvalue weighted by Gasteiger charge is -2.24. The molecule has 0 spiro atoms. The van der Waals surface area contributed by atoms with E-state index in [9.17, 15) is 0 Å². The largest absolute Gasteiger partial charge is 0.395 e. The van der Waals surface area contributed by atoms with Crippen molar-refractivity contribution in [3.05, 3.63) is 24.0 Å². The topological polar surface area (TPSA) is 51.4 Å². The molecule has 4 heteroatoms. The first-order valence-corrected chi connectivity index (χ1v) is 6.54. The van der Waals surface area contributed by atoms with Crippen LogP contribution in [0.3, 0.4) is 0 Å². The highest BCUT2D eigenvalue weighted by Crippen LogP contribution is 2.31. The van der Waals surface area contributed by atoms with Crippen molar-refractivity contribution in [2.75, 3.05) is 36.9 Å². The van der Waals surface area contributed by atoms with Gasteiger partial charge in [-0.15, -0.1) is 0 Å². The molecule has 0 unspecified atom stereocenters. The zero-order valence-electron chi connectivity index (χ0n) is 11.1. The second-order valence-electron chi connectivity index (χ2n) is 4.32. The molecule has 0 amide bonds. The average molecular weight is 247 g/mol. The highest BCUT2D eigenvalue weighted by Gasteiger charge is 2.15. The van der Waals surface area contributed by atoms with E-state index in [1.165, 1.54) is 5.57 Å². The standard InChI is InChI=1S/C14H21N3O/c1-3-17(4-2)12-5-8-16-14(13(12)15)11-6-9-18-10-7-11/h5-6,8H,3-4,7,9-10,15H2,1-2H3. The summed E-state index contributed by atoms with van der Waals surface area (Å²) in [5.41, 5.74) is 10.3. The molecule has 0 saturated carbocycles. The van der Waals surface area contributed by atoms with Crippen LogP contribution in [0, 0.1) is 0 Å². The number of nitrogens with zero attached hydrogens (tertiary/aromatic N) is 2. The van der Waals surface area contributed by atoms with E-state index in [0.29, 0.717) is 6.61 Å². The summed E-state index contributed by atoms with van der Waals surface area (Å²) in [6.07, 6.45) is 4.81. The molecular formula is C14H21N3O. The maximum atomic E-state index is 6.28. The van der Waals surface area contributed by atoms with Crippen LogP contribution in [0.4, 0.5) is 11.4 Å². The smallest absolute Gasteiger partial charge is 0.0910 e. The first-order chi connectivity index (χ1) is 8.77. The van der Waals surface area contributed by atoms with Gasteiger partial charge in [-0.2, -0.15) is 0 Å². The summed E-state index contributed by atoms with van der Waals surface area (Å²) in [4.78, 5) is 6.69. The van der Waals surface area contributed by atoms with Gasteiger partial charge in [-0.1, -0.05) is 6.08 Å². The number of ether oxygens (including phenoxy) is 1. The van der Waals surface area contributed by atoms with Gasteiger partial charge in [0.1, 0.15) is 0 Å². The summed E-state index contributed by atoms with van der Waals surface area (Å²) < 4.78 is 5.33. The maximum absolute atomic E-state index is 6.28. The molecule has 2 N–H and O–H groups in total. The Morgan fingerprint density at radius 1 is 1.39 bits per heavy atom. The third-order valence-corrected chi connectivity index (χ3v) is 3.34. The number of hydrogen-bond donors (Lipinski definition) is 1. The van der Waals surface area contributed by atoms with Gasteiger partial charge >= 0.3 is 0 Å². The third-order valence-electron chi connectivity index (χ3n) is 3.34. The maximum Gasteiger partial charge on any atom is 0.0910 e. The van der Waals surface area contributed by atoms with Gasteiger partial charge in [0.25, 0.3) is 0 Å². The molecule has 2 rings (SSSR count). The predicted molar refractivity (Wildman–Crippen MR) is 75.6 cm³/mol. The van der Waals surface area contributed by atoms with Crippen LogP contribution in [0.25, 0.3) is 5.57 Å². The fourth-order valence-electron chi connectivity index (χ4n) is 2.30. The van der Waals surface area contributed by atoms with Gasteiger partial charge in [-0.05, 0) is 31.9 Å². The Labute approximate surface area is 108 Å². The van der Waals surface area contributed by atoms with E-state index in [2.05, 4.69) is 29.8 Å². The van der Waals surface area contributed by atoms with Crippen molar-refractivity contribution in [3.8, 4) is 0 Å². The van der Waals surface area contributed by atoms with E-state index in [1.807, 2.05) is 12.3 Å². The third kappa shape index (κ3) is 2.48. The second-order valence-corrected chi connectivity index (χ2v) is 4.32. The summed E-state index contributed by atoms with van der Waals surface area (Å²) in [6, 6.07) is 1.99. The lowest BCUT2D eigenvalue weighted by Crippen LogP contribution is -2.23. The SMILES string of the molecule is CCN(CC)c1ccnc(C2=CCOCC2)c1N. The van der Waals surface area contributed by atoms with E-state index in [0.717, 1.165) is 43.2 Å². The van der Waals surface area contributed by atoms with Gasteiger partial charge < -0.3 is 15.4 Å². The van der Waals surface area contributed by atoms with Gasteiger partial charge in [0.2, 0.25) is 0 Å². The molecule has 98 valence electrons. The molecule has 0 atom stereocenters. The Morgan fingerprint density at radius 2 is 2.17 bits per heavy atom. The number of pyridine rings is 1. The normalized spacial score (nSPS) is 15.3. The molecule has 4 nitrogen and oxygen atoms in total. The average Bonchev–Trinajstić information content (AvgIpc) is 2.43. The van der Waals surface area contributed by atoms with Crippen molar-refractivity contribution < 1.29 is 4.74 Å². The van der Waals surface area contributed by atoms with Crippen molar-refractivity contribution in [2.45, 2.75) is 20.3 Å².